The van der Waals surface area contributed by atoms with Crippen molar-refractivity contribution in [1.82, 2.24) is 0 Å². The van der Waals surface area contributed by atoms with Crippen LogP contribution in [0.15, 0.2) is 0 Å². The van der Waals surface area contributed by atoms with Crippen LogP contribution in [0, 0.1) is 56.0 Å². The van der Waals surface area contributed by atoms with Crippen molar-refractivity contribution in [3.8, 4) is 0 Å². The van der Waals surface area contributed by atoms with Gasteiger partial charge < -0.3 is 0 Å². The van der Waals surface area contributed by atoms with Crippen LogP contribution in [0.2, 0.25) is 1.78 Å². The van der Waals surface area contributed by atoms with Gasteiger partial charge in [-0.3, -0.25) is 0 Å². The third-order valence-corrected chi connectivity index (χ3v) is 5.45. The molecule has 0 aromatic rings. The summed E-state index contributed by atoms with van der Waals surface area (Å²) in [5, 5.41) is 0. The van der Waals surface area contributed by atoms with Gasteiger partial charge in [0.05, 0.1) is 0 Å². The zero-order valence-electron chi connectivity index (χ0n) is 7.75. The van der Waals surface area contributed by atoms with Crippen LogP contribution in [0.1, 0.15) is 39.5 Å². The van der Waals surface area contributed by atoms with E-state index in [0.717, 1.165) is 56.0 Å². The molecule has 0 nitrogen and oxygen atoms in total. The topological polar surface area (TPSA) is 0 Å². The van der Waals surface area contributed by atoms with Crippen LogP contribution in [0.25, 0.3) is 0 Å². The van der Waals surface area contributed by atoms with Gasteiger partial charge in [-0.25, -0.2) is 0 Å². The van der Waals surface area contributed by atoms with E-state index < -0.39 is 0 Å². The summed E-state index contributed by atoms with van der Waals surface area (Å²) in [5.74, 6) is 1.99. The second kappa shape index (κ2) is 6.09. The zero-order chi connectivity index (χ0) is 8.10. The van der Waals surface area contributed by atoms with Gasteiger partial charge in [-0.15, -0.1) is 0 Å². The van der Waals surface area contributed by atoms with Crippen LogP contribution in [0.4, 0.5) is 0 Å². The molecule has 0 bridgehead atoms. The molecule has 0 aliphatic carbocycles. The number of rotatable bonds is 1. The molecule has 0 radical (unpaired) electrons. The van der Waals surface area contributed by atoms with Crippen molar-refractivity contribution in [2.75, 3.05) is 0 Å². The predicted octanol–water partition coefficient (Wildman–Crippen LogP) is 3.75. The number of hydrogen-bond acceptors (Lipinski definition) is 0. The summed E-state index contributed by atoms with van der Waals surface area (Å²) in [6.45, 7) is 4.78. The van der Waals surface area contributed by atoms with Crippen LogP contribution in [0.3, 0.4) is 0 Å². The Morgan fingerprint density at radius 2 is 1.64 bits per heavy atom. The van der Waals surface area contributed by atoms with E-state index in [9.17, 15) is 0 Å². The Kier molecular flexibility index (Phi) is 5.90. The summed E-state index contributed by atoms with van der Waals surface area (Å²) in [6.07, 6.45) is 6.10. The first kappa shape index (κ1) is 10.7. The first-order valence-electron chi connectivity index (χ1n) is 4.80. The SMILES string of the molecule is CC(C)C1CCC[Xe]CCC1. The van der Waals surface area contributed by atoms with E-state index in [2.05, 4.69) is 13.8 Å². The van der Waals surface area contributed by atoms with Crippen molar-refractivity contribution in [3.63, 3.8) is 0 Å². The molecule has 1 saturated heterocycles. The van der Waals surface area contributed by atoms with E-state index in [1.54, 1.807) is 1.78 Å². The Morgan fingerprint density at radius 1 is 1.09 bits per heavy atom. The van der Waals surface area contributed by atoms with E-state index in [1.165, 1.54) is 25.7 Å². The maximum atomic E-state index is 2.39. The van der Waals surface area contributed by atoms with Crippen LogP contribution in [-0.4, -0.2) is 0 Å². The molecule has 0 spiro atoms. The van der Waals surface area contributed by atoms with Crippen molar-refractivity contribution in [2.45, 2.75) is 41.3 Å². The molecule has 1 heteroatoms. The van der Waals surface area contributed by atoms with Crippen molar-refractivity contribution in [1.29, 1.82) is 0 Å². The molecular weight excluding hydrogens is 251 g/mol. The summed E-state index contributed by atoms with van der Waals surface area (Å²) in [4.78, 5) is 0. The first-order valence-corrected chi connectivity index (χ1v) is 7.66. The molecule has 0 N–H and O–H groups in total. The molecule has 0 aromatic heterocycles. The van der Waals surface area contributed by atoms with Gasteiger partial charge in [-0.2, -0.15) is 0 Å². The molecule has 0 amide bonds. The van der Waals surface area contributed by atoms with Crippen LogP contribution >= 0.6 is 0 Å². The van der Waals surface area contributed by atoms with Crippen molar-refractivity contribution in [2.24, 2.45) is 11.8 Å². The van der Waals surface area contributed by atoms with E-state index in [0.29, 0.717) is 0 Å². The summed E-state index contributed by atoms with van der Waals surface area (Å²) < 4.78 is 3.16. The van der Waals surface area contributed by atoms with E-state index in [1.807, 2.05) is 0 Å². The minimum atomic E-state index is 0.787. The van der Waals surface area contributed by atoms with Crippen LogP contribution in [-0.2, 0) is 0 Å². The van der Waals surface area contributed by atoms with Crippen molar-refractivity contribution >= 4 is 0 Å². The predicted molar refractivity (Wildman–Crippen MR) is 46.4 cm³/mol. The van der Waals surface area contributed by atoms with Gasteiger partial charge >= 0.3 is 97.3 Å². The second-order valence-corrected chi connectivity index (χ2v) is 6.85. The molecule has 0 saturated carbocycles. The Morgan fingerprint density at radius 3 is 2.09 bits per heavy atom. The first-order chi connectivity index (χ1) is 5.30. The fourth-order valence-corrected chi connectivity index (χ4v) is 4.08. The Bertz CT molecular complexity index is 91.0. The van der Waals surface area contributed by atoms with Gasteiger partial charge in [0.2, 0.25) is 0 Å². The molecule has 0 atom stereocenters. The van der Waals surface area contributed by atoms with E-state index >= 15 is 0 Å². The molecule has 68 valence electrons. The molecule has 0 unspecified atom stereocenters. The molecule has 1 heterocycles. The average Bonchev–Trinajstić information content (AvgIpc) is 1.84. The second-order valence-electron chi connectivity index (χ2n) is 3.82. The van der Waals surface area contributed by atoms with Gasteiger partial charge in [0, 0.05) is 0 Å². The summed E-state index contributed by atoms with van der Waals surface area (Å²) in [7, 11) is 0. The quantitative estimate of drug-likeness (QED) is 0.681. The molecule has 1 aliphatic heterocycles. The zero-order valence-corrected chi connectivity index (χ0v) is 9.77. The Labute approximate surface area is 95.8 Å². The van der Waals surface area contributed by atoms with Gasteiger partial charge in [-0.1, -0.05) is 0 Å². The maximum absolute atomic E-state index is 2.39. The third kappa shape index (κ3) is 4.37. The minimum absolute atomic E-state index is 0.787. The van der Waals surface area contributed by atoms with Gasteiger partial charge in [0.25, 0.3) is 0 Å². The summed E-state index contributed by atoms with van der Waals surface area (Å²) >= 11 is 0.787. The molecule has 11 heavy (non-hydrogen) atoms. The van der Waals surface area contributed by atoms with Crippen molar-refractivity contribution in [3.05, 3.63) is 0 Å². The Balaban J connectivity index is 2.26. The molecule has 1 aliphatic rings. The van der Waals surface area contributed by atoms with Gasteiger partial charge in [-0.05, 0) is 0 Å². The third-order valence-electron chi connectivity index (χ3n) is 2.59. The fraction of sp³-hybridized carbons (Fsp3) is 1.00. The van der Waals surface area contributed by atoms with Gasteiger partial charge in [0.15, 0.2) is 0 Å². The molecule has 0 aromatic carbocycles. The van der Waals surface area contributed by atoms with Crippen molar-refractivity contribution < 1.29 is 44.2 Å². The monoisotopic (exact) mass is 272 g/mol. The summed E-state index contributed by atoms with van der Waals surface area (Å²) in [5.41, 5.74) is 0. The average molecular weight is 272 g/mol. The van der Waals surface area contributed by atoms with Crippen LogP contribution in [0.5, 0.6) is 0 Å². The van der Waals surface area contributed by atoms with E-state index in [-0.39, 0.29) is 0 Å². The molecule has 1 rings (SSSR count). The van der Waals surface area contributed by atoms with E-state index in [4.69, 9.17) is 0 Å². The summed E-state index contributed by atoms with van der Waals surface area (Å²) in [6, 6.07) is 0. The molecular formula is C10H20Xe. The number of hydrogen-bond donors (Lipinski definition) is 0. The molecule has 1 fully saturated rings. The standard InChI is InChI=1S/C10H20Xe/c1-9(2)10-5-3-7-11-8-4-6-10/h9-10H,3-8H2,1-2H3. The fourth-order valence-electron chi connectivity index (χ4n) is 1.74. The normalized spacial score (nSPS) is 23.9. The van der Waals surface area contributed by atoms with Crippen LogP contribution < -0.4 is 0 Å². The van der Waals surface area contributed by atoms with Gasteiger partial charge in [0.1, 0.15) is 0 Å². The Hall–Kier alpha value is 1.57.